The molecule has 0 saturated carbocycles. The zero-order valence-corrected chi connectivity index (χ0v) is 9.91. The standard InChI is InChI=1S/C14H11ClN2/c15-13-8-12(9-16)6-7-14(13)17-10-11-4-2-1-3-5-11/h1-8,17H,10H2. The van der Waals surface area contributed by atoms with Crippen molar-refractivity contribution in [3.63, 3.8) is 0 Å². The molecule has 2 rings (SSSR count). The predicted molar refractivity (Wildman–Crippen MR) is 69.9 cm³/mol. The summed E-state index contributed by atoms with van der Waals surface area (Å²) in [7, 11) is 0. The van der Waals surface area contributed by atoms with Gasteiger partial charge in [0.1, 0.15) is 0 Å². The third kappa shape index (κ3) is 2.99. The number of halogens is 1. The van der Waals surface area contributed by atoms with Gasteiger partial charge in [-0.2, -0.15) is 5.26 Å². The van der Waals surface area contributed by atoms with Crippen molar-refractivity contribution in [2.24, 2.45) is 0 Å². The van der Waals surface area contributed by atoms with Gasteiger partial charge in [0, 0.05) is 6.54 Å². The van der Waals surface area contributed by atoms with E-state index in [9.17, 15) is 0 Å². The summed E-state index contributed by atoms with van der Waals surface area (Å²) in [5, 5.41) is 12.5. The first-order valence-electron chi connectivity index (χ1n) is 5.27. The number of hydrogen-bond acceptors (Lipinski definition) is 2. The van der Waals surface area contributed by atoms with Crippen molar-refractivity contribution < 1.29 is 0 Å². The highest BCUT2D eigenvalue weighted by atomic mass is 35.5. The number of nitrogens with one attached hydrogen (secondary N) is 1. The second-order valence-electron chi connectivity index (χ2n) is 3.65. The molecule has 0 bridgehead atoms. The molecular weight excluding hydrogens is 232 g/mol. The molecule has 2 aromatic carbocycles. The van der Waals surface area contributed by atoms with Gasteiger partial charge in [0.2, 0.25) is 0 Å². The number of rotatable bonds is 3. The second-order valence-corrected chi connectivity index (χ2v) is 4.05. The largest absolute Gasteiger partial charge is 0.380 e. The molecule has 2 nitrogen and oxygen atoms in total. The average Bonchev–Trinajstić information content (AvgIpc) is 2.38. The van der Waals surface area contributed by atoms with Gasteiger partial charge in [0.15, 0.2) is 0 Å². The maximum absolute atomic E-state index is 8.73. The van der Waals surface area contributed by atoms with Crippen LogP contribution in [0.25, 0.3) is 0 Å². The number of nitrogens with zero attached hydrogens (tertiary/aromatic N) is 1. The fraction of sp³-hybridized carbons (Fsp3) is 0.0714. The molecule has 17 heavy (non-hydrogen) atoms. The fourth-order valence-electron chi connectivity index (χ4n) is 1.52. The molecule has 0 radical (unpaired) electrons. The minimum atomic E-state index is 0.569. The highest BCUT2D eigenvalue weighted by molar-refractivity contribution is 6.33. The summed E-state index contributed by atoms with van der Waals surface area (Å²) in [5.41, 5.74) is 2.60. The molecule has 0 atom stereocenters. The van der Waals surface area contributed by atoms with Gasteiger partial charge in [-0.25, -0.2) is 0 Å². The molecule has 0 saturated heterocycles. The van der Waals surface area contributed by atoms with Gasteiger partial charge in [0.05, 0.1) is 22.3 Å². The molecule has 1 N–H and O–H groups in total. The van der Waals surface area contributed by atoms with E-state index in [1.807, 2.05) is 36.4 Å². The summed E-state index contributed by atoms with van der Waals surface area (Å²) >= 11 is 6.06. The fourth-order valence-corrected chi connectivity index (χ4v) is 1.77. The third-order valence-electron chi connectivity index (χ3n) is 2.42. The first-order chi connectivity index (χ1) is 8.29. The van der Waals surface area contributed by atoms with Gasteiger partial charge >= 0.3 is 0 Å². The van der Waals surface area contributed by atoms with E-state index in [1.54, 1.807) is 12.1 Å². The van der Waals surface area contributed by atoms with Gasteiger partial charge in [-0.05, 0) is 23.8 Å². The molecule has 3 heteroatoms. The number of benzene rings is 2. The predicted octanol–water partition coefficient (Wildman–Crippen LogP) is 3.82. The van der Waals surface area contributed by atoms with Crippen LogP contribution in [0, 0.1) is 11.3 Å². The van der Waals surface area contributed by atoms with E-state index in [-0.39, 0.29) is 0 Å². The molecule has 0 heterocycles. The van der Waals surface area contributed by atoms with Crippen LogP contribution >= 0.6 is 11.6 Å². The number of hydrogen-bond donors (Lipinski definition) is 1. The Morgan fingerprint density at radius 1 is 1.12 bits per heavy atom. The quantitative estimate of drug-likeness (QED) is 0.888. The Hall–Kier alpha value is -1.98. The van der Waals surface area contributed by atoms with Gasteiger partial charge in [-0.3, -0.25) is 0 Å². The Kier molecular flexibility index (Phi) is 3.64. The Morgan fingerprint density at radius 3 is 2.53 bits per heavy atom. The average molecular weight is 243 g/mol. The van der Waals surface area contributed by atoms with E-state index in [0.29, 0.717) is 17.1 Å². The summed E-state index contributed by atoms with van der Waals surface area (Å²) in [6, 6.07) is 17.4. The van der Waals surface area contributed by atoms with Crippen molar-refractivity contribution in [3.8, 4) is 6.07 Å². The smallest absolute Gasteiger partial charge is 0.0992 e. The molecule has 0 aliphatic carbocycles. The van der Waals surface area contributed by atoms with Crippen molar-refractivity contribution in [1.82, 2.24) is 0 Å². The molecule has 0 aliphatic rings. The van der Waals surface area contributed by atoms with Crippen LogP contribution in [0.4, 0.5) is 5.69 Å². The van der Waals surface area contributed by atoms with E-state index >= 15 is 0 Å². The summed E-state index contributed by atoms with van der Waals surface area (Å²) in [5.74, 6) is 0. The van der Waals surface area contributed by atoms with Crippen LogP contribution in [0.2, 0.25) is 5.02 Å². The zero-order chi connectivity index (χ0) is 12.1. The first kappa shape index (κ1) is 11.5. The van der Waals surface area contributed by atoms with E-state index in [1.165, 1.54) is 5.56 Å². The Balaban J connectivity index is 2.08. The van der Waals surface area contributed by atoms with Crippen LogP contribution in [-0.2, 0) is 6.54 Å². The van der Waals surface area contributed by atoms with Crippen molar-refractivity contribution >= 4 is 17.3 Å². The third-order valence-corrected chi connectivity index (χ3v) is 2.74. The van der Waals surface area contributed by atoms with Gasteiger partial charge < -0.3 is 5.32 Å². The SMILES string of the molecule is N#Cc1ccc(NCc2ccccc2)c(Cl)c1. The zero-order valence-electron chi connectivity index (χ0n) is 9.15. The van der Waals surface area contributed by atoms with Gasteiger partial charge in [0.25, 0.3) is 0 Å². The Bertz CT molecular complexity index is 544. The minimum absolute atomic E-state index is 0.569. The van der Waals surface area contributed by atoms with Crippen LogP contribution < -0.4 is 5.32 Å². The molecular formula is C14H11ClN2. The lowest BCUT2D eigenvalue weighted by Gasteiger charge is -2.08. The van der Waals surface area contributed by atoms with Gasteiger partial charge in [-0.1, -0.05) is 41.9 Å². The molecule has 0 fully saturated rings. The van der Waals surface area contributed by atoms with E-state index in [2.05, 4.69) is 11.4 Å². The van der Waals surface area contributed by atoms with Crippen molar-refractivity contribution in [2.45, 2.75) is 6.54 Å². The number of anilines is 1. The molecule has 0 aliphatic heterocycles. The lowest BCUT2D eigenvalue weighted by atomic mass is 10.2. The Morgan fingerprint density at radius 2 is 1.88 bits per heavy atom. The van der Waals surface area contributed by atoms with E-state index in [4.69, 9.17) is 16.9 Å². The molecule has 0 amide bonds. The maximum Gasteiger partial charge on any atom is 0.0992 e. The lowest BCUT2D eigenvalue weighted by Crippen LogP contribution is -1.99. The van der Waals surface area contributed by atoms with Crippen molar-refractivity contribution in [2.75, 3.05) is 5.32 Å². The van der Waals surface area contributed by atoms with Crippen molar-refractivity contribution in [3.05, 3.63) is 64.7 Å². The lowest BCUT2D eigenvalue weighted by molar-refractivity contribution is 1.15. The first-order valence-corrected chi connectivity index (χ1v) is 5.65. The summed E-state index contributed by atoms with van der Waals surface area (Å²) in [6.07, 6.45) is 0. The summed E-state index contributed by atoms with van der Waals surface area (Å²) < 4.78 is 0. The monoisotopic (exact) mass is 242 g/mol. The highest BCUT2D eigenvalue weighted by Crippen LogP contribution is 2.23. The van der Waals surface area contributed by atoms with Crippen LogP contribution in [0.1, 0.15) is 11.1 Å². The molecule has 84 valence electrons. The summed E-state index contributed by atoms with van der Waals surface area (Å²) in [6.45, 7) is 0.715. The Labute approximate surface area is 105 Å². The van der Waals surface area contributed by atoms with Gasteiger partial charge in [-0.15, -0.1) is 0 Å². The molecule has 0 unspecified atom stereocenters. The summed E-state index contributed by atoms with van der Waals surface area (Å²) in [4.78, 5) is 0. The second kappa shape index (κ2) is 5.38. The van der Waals surface area contributed by atoms with Crippen LogP contribution in [-0.4, -0.2) is 0 Å². The highest BCUT2D eigenvalue weighted by Gasteiger charge is 2.01. The maximum atomic E-state index is 8.73. The van der Waals surface area contributed by atoms with Crippen LogP contribution in [0.5, 0.6) is 0 Å². The molecule has 0 aromatic heterocycles. The molecule has 2 aromatic rings. The topological polar surface area (TPSA) is 35.8 Å². The molecule has 0 spiro atoms. The van der Waals surface area contributed by atoms with Crippen LogP contribution in [0.15, 0.2) is 48.5 Å². The normalized spacial score (nSPS) is 9.65. The number of nitriles is 1. The van der Waals surface area contributed by atoms with E-state index < -0.39 is 0 Å². The van der Waals surface area contributed by atoms with E-state index in [0.717, 1.165) is 5.69 Å². The van der Waals surface area contributed by atoms with Crippen LogP contribution in [0.3, 0.4) is 0 Å². The van der Waals surface area contributed by atoms with Crippen molar-refractivity contribution in [1.29, 1.82) is 5.26 Å². The minimum Gasteiger partial charge on any atom is -0.380 e.